The average molecular weight is 213 g/mol. The summed E-state index contributed by atoms with van der Waals surface area (Å²) in [5, 5.41) is 0. The van der Waals surface area contributed by atoms with Crippen LogP contribution in [0.2, 0.25) is 0 Å². The summed E-state index contributed by atoms with van der Waals surface area (Å²) < 4.78 is 0. The number of carbonyl (C=O) groups is 2. The van der Waals surface area contributed by atoms with E-state index in [0.29, 0.717) is 13.0 Å². The quantitative estimate of drug-likeness (QED) is 0.588. The highest BCUT2D eigenvalue weighted by Gasteiger charge is 2.07. The standard InChI is InChI=1S/C12H23NO2/c1-4-5-8-13(10-12(3)15)9-6-7-11(2)14/h4-10H2,1-3H3. The van der Waals surface area contributed by atoms with E-state index in [9.17, 15) is 9.59 Å². The lowest BCUT2D eigenvalue weighted by Crippen LogP contribution is -2.31. The number of rotatable bonds is 9. The lowest BCUT2D eigenvalue weighted by Gasteiger charge is -2.20. The van der Waals surface area contributed by atoms with Gasteiger partial charge in [-0.1, -0.05) is 13.3 Å². The van der Waals surface area contributed by atoms with Gasteiger partial charge in [0.05, 0.1) is 6.54 Å². The summed E-state index contributed by atoms with van der Waals surface area (Å²) in [5.74, 6) is 0.433. The molecule has 15 heavy (non-hydrogen) atoms. The molecule has 0 spiro atoms. The highest BCUT2D eigenvalue weighted by molar-refractivity contribution is 5.77. The summed E-state index contributed by atoms with van der Waals surface area (Å²) in [6.07, 6.45) is 3.75. The molecule has 0 heterocycles. The second kappa shape index (κ2) is 8.60. The van der Waals surface area contributed by atoms with Gasteiger partial charge >= 0.3 is 0 Å². The second-order valence-corrected chi connectivity index (χ2v) is 4.14. The fraction of sp³-hybridized carbons (Fsp3) is 0.833. The maximum atomic E-state index is 11.0. The first-order valence-electron chi connectivity index (χ1n) is 5.77. The normalized spacial score (nSPS) is 10.7. The first-order valence-corrected chi connectivity index (χ1v) is 5.77. The molecule has 0 amide bonds. The third-order valence-corrected chi connectivity index (χ3v) is 2.28. The van der Waals surface area contributed by atoms with Crippen molar-refractivity contribution in [1.82, 2.24) is 4.90 Å². The van der Waals surface area contributed by atoms with Crippen LogP contribution in [0.15, 0.2) is 0 Å². The third-order valence-electron chi connectivity index (χ3n) is 2.28. The minimum absolute atomic E-state index is 0.203. The molecule has 3 heteroatoms. The van der Waals surface area contributed by atoms with E-state index in [4.69, 9.17) is 0 Å². The zero-order valence-electron chi connectivity index (χ0n) is 10.2. The molecule has 0 bridgehead atoms. The molecule has 0 fully saturated rings. The molecule has 3 nitrogen and oxygen atoms in total. The summed E-state index contributed by atoms with van der Waals surface area (Å²) >= 11 is 0. The molecule has 0 aromatic carbocycles. The molecule has 0 aromatic heterocycles. The fourth-order valence-electron chi connectivity index (χ4n) is 1.52. The van der Waals surface area contributed by atoms with Crippen LogP contribution in [0.4, 0.5) is 0 Å². The molecule has 0 atom stereocenters. The predicted molar refractivity (Wildman–Crippen MR) is 61.9 cm³/mol. The van der Waals surface area contributed by atoms with Crippen molar-refractivity contribution in [3.63, 3.8) is 0 Å². The Bertz CT molecular complexity index is 202. The van der Waals surface area contributed by atoms with Gasteiger partial charge in [0.15, 0.2) is 0 Å². The number of carbonyl (C=O) groups excluding carboxylic acids is 2. The van der Waals surface area contributed by atoms with Gasteiger partial charge in [0.1, 0.15) is 11.6 Å². The Balaban J connectivity index is 3.78. The van der Waals surface area contributed by atoms with E-state index in [2.05, 4.69) is 11.8 Å². The molecular formula is C12H23NO2. The van der Waals surface area contributed by atoms with Crippen molar-refractivity contribution in [2.75, 3.05) is 19.6 Å². The van der Waals surface area contributed by atoms with E-state index in [1.54, 1.807) is 13.8 Å². The van der Waals surface area contributed by atoms with E-state index in [-0.39, 0.29) is 11.6 Å². The molecule has 0 N–H and O–H groups in total. The first-order chi connectivity index (χ1) is 7.06. The van der Waals surface area contributed by atoms with Crippen LogP contribution in [0.3, 0.4) is 0 Å². The Morgan fingerprint density at radius 1 is 1.00 bits per heavy atom. The van der Waals surface area contributed by atoms with Gasteiger partial charge < -0.3 is 4.79 Å². The van der Waals surface area contributed by atoms with Crippen LogP contribution >= 0.6 is 0 Å². The van der Waals surface area contributed by atoms with Crippen molar-refractivity contribution in [2.45, 2.75) is 46.5 Å². The smallest absolute Gasteiger partial charge is 0.143 e. The van der Waals surface area contributed by atoms with E-state index >= 15 is 0 Å². The molecule has 0 aliphatic rings. The van der Waals surface area contributed by atoms with Crippen molar-refractivity contribution in [2.24, 2.45) is 0 Å². The third kappa shape index (κ3) is 9.60. The number of ketones is 2. The van der Waals surface area contributed by atoms with E-state index in [1.807, 2.05) is 0 Å². The zero-order valence-corrected chi connectivity index (χ0v) is 10.2. The van der Waals surface area contributed by atoms with Crippen LogP contribution in [0, 0.1) is 0 Å². The molecule has 0 aliphatic heterocycles. The Morgan fingerprint density at radius 3 is 2.07 bits per heavy atom. The van der Waals surface area contributed by atoms with E-state index in [0.717, 1.165) is 32.4 Å². The number of Topliss-reactive ketones (excluding diaryl/α,β-unsaturated/α-hetero) is 2. The first kappa shape index (κ1) is 14.3. The number of unbranched alkanes of at least 4 members (excludes halogenated alkanes) is 1. The maximum Gasteiger partial charge on any atom is 0.143 e. The number of hydrogen-bond acceptors (Lipinski definition) is 3. The summed E-state index contributed by atoms with van der Waals surface area (Å²) in [4.78, 5) is 23.9. The van der Waals surface area contributed by atoms with Crippen molar-refractivity contribution < 1.29 is 9.59 Å². The molecule has 0 saturated heterocycles. The van der Waals surface area contributed by atoms with Gasteiger partial charge in [0, 0.05) is 6.42 Å². The topological polar surface area (TPSA) is 37.4 Å². The Labute approximate surface area is 92.8 Å². The van der Waals surface area contributed by atoms with Gasteiger partial charge in [-0.2, -0.15) is 0 Å². The van der Waals surface area contributed by atoms with E-state index < -0.39 is 0 Å². The SMILES string of the molecule is CCCCN(CCCC(C)=O)CC(C)=O. The van der Waals surface area contributed by atoms with Crippen molar-refractivity contribution in [3.8, 4) is 0 Å². The van der Waals surface area contributed by atoms with Crippen molar-refractivity contribution in [3.05, 3.63) is 0 Å². The van der Waals surface area contributed by atoms with Crippen LogP contribution in [-0.4, -0.2) is 36.1 Å². The van der Waals surface area contributed by atoms with Crippen molar-refractivity contribution >= 4 is 11.6 Å². The lowest BCUT2D eigenvalue weighted by atomic mass is 10.2. The van der Waals surface area contributed by atoms with Crippen LogP contribution in [0.25, 0.3) is 0 Å². The monoisotopic (exact) mass is 213 g/mol. The summed E-state index contributed by atoms with van der Waals surface area (Å²) in [7, 11) is 0. The summed E-state index contributed by atoms with van der Waals surface area (Å²) in [6, 6.07) is 0. The Kier molecular flexibility index (Phi) is 8.19. The molecule has 0 radical (unpaired) electrons. The zero-order chi connectivity index (χ0) is 11.7. The lowest BCUT2D eigenvalue weighted by molar-refractivity contribution is -0.118. The van der Waals surface area contributed by atoms with Gasteiger partial charge in [0.2, 0.25) is 0 Å². The molecule has 0 aromatic rings. The molecule has 88 valence electrons. The van der Waals surface area contributed by atoms with Gasteiger partial charge in [-0.15, -0.1) is 0 Å². The Hall–Kier alpha value is -0.700. The Morgan fingerprint density at radius 2 is 1.60 bits per heavy atom. The summed E-state index contributed by atoms with van der Waals surface area (Å²) in [6.45, 7) is 7.72. The van der Waals surface area contributed by atoms with Crippen LogP contribution in [-0.2, 0) is 9.59 Å². The van der Waals surface area contributed by atoms with Gasteiger partial charge in [-0.05, 0) is 39.8 Å². The van der Waals surface area contributed by atoms with Gasteiger partial charge in [-0.3, -0.25) is 9.69 Å². The molecule has 0 aliphatic carbocycles. The largest absolute Gasteiger partial charge is 0.300 e. The van der Waals surface area contributed by atoms with Crippen LogP contribution < -0.4 is 0 Å². The van der Waals surface area contributed by atoms with Gasteiger partial charge in [0.25, 0.3) is 0 Å². The van der Waals surface area contributed by atoms with Crippen molar-refractivity contribution in [1.29, 1.82) is 0 Å². The maximum absolute atomic E-state index is 11.0. The minimum atomic E-state index is 0.203. The highest BCUT2D eigenvalue weighted by atomic mass is 16.1. The molecule has 0 unspecified atom stereocenters. The van der Waals surface area contributed by atoms with E-state index in [1.165, 1.54) is 0 Å². The molecular weight excluding hydrogens is 190 g/mol. The fourth-order valence-corrected chi connectivity index (χ4v) is 1.52. The molecule has 0 rings (SSSR count). The van der Waals surface area contributed by atoms with Crippen LogP contribution in [0.5, 0.6) is 0 Å². The highest BCUT2D eigenvalue weighted by Crippen LogP contribution is 2.00. The minimum Gasteiger partial charge on any atom is -0.300 e. The molecule has 0 saturated carbocycles. The average Bonchev–Trinajstić information content (AvgIpc) is 2.12. The number of hydrogen-bond donors (Lipinski definition) is 0. The van der Waals surface area contributed by atoms with Gasteiger partial charge in [-0.25, -0.2) is 0 Å². The predicted octanol–water partition coefficient (Wildman–Crippen LogP) is 2.05. The second-order valence-electron chi connectivity index (χ2n) is 4.14. The number of nitrogens with zero attached hydrogens (tertiary/aromatic N) is 1. The summed E-state index contributed by atoms with van der Waals surface area (Å²) in [5.41, 5.74) is 0. The van der Waals surface area contributed by atoms with Crippen LogP contribution in [0.1, 0.15) is 46.5 Å².